The van der Waals surface area contributed by atoms with E-state index < -0.39 is 11.7 Å². The Morgan fingerprint density at radius 2 is 1.79 bits per heavy atom. The average Bonchev–Trinajstić information content (AvgIpc) is 2.86. The second-order valence-electron chi connectivity index (χ2n) is 10.7. The van der Waals surface area contributed by atoms with Crippen LogP contribution in [0.5, 0.6) is 11.5 Å². The molecule has 2 aromatic carbocycles. The maximum Gasteiger partial charge on any atom is 0.228 e. The van der Waals surface area contributed by atoms with Crippen LogP contribution < -0.4 is 15.8 Å². The molecule has 6 nitrogen and oxygen atoms in total. The molecule has 3 rings (SSSR count). The number of ether oxygens (including phenoxy) is 1. The van der Waals surface area contributed by atoms with Gasteiger partial charge in [0, 0.05) is 39.2 Å². The zero-order valence-corrected chi connectivity index (χ0v) is 25.3. The predicted molar refractivity (Wildman–Crippen MR) is 162 cm³/mol. The number of halogens is 1. The van der Waals surface area contributed by atoms with E-state index in [4.69, 9.17) is 10.5 Å². The summed E-state index contributed by atoms with van der Waals surface area (Å²) in [5.41, 5.74) is 7.01. The summed E-state index contributed by atoms with van der Waals surface area (Å²) in [6.45, 7) is 17.9. The van der Waals surface area contributed by atoms with Crippen LogP contribution in [-0.4, -0.2) is 27.4 Å². The first-order valence-electron chi connectivity index (χ1n) is 13.1. The number of thioether (sulfide) groups is 1. The van der Waals surface area contributed by atoms with E-state index in [-0.39, 0.29) is 22.3 Å². The van der Waals surface area contributed by atoms with Gasteiger partial charge in [-0.05, 0) is 63.6 Å². The van der Waals surface area contributed by atoms with Crippen molar-refractivity contribution in [2.75, 3.05) is 0 Å². The summed E-state index contributed by atoms with van der Waals surface area (Å²) in [6.07, 6.45) is 4.28. The molecule has 0 aliphatic rings. The van der Waals surface area contributed by atoms with Crippen LogP contribution in [0.4, 0.5) is 4.39 Å². The summed E-state index contributed by atoms with van der Waals surface area (Å²) in [7, 11) is 0. The van der Waals surface area contributed by atoms with Gasteiger partial charge in [-0.1, -0.05) is 40.7 Å². The molecule has 0 radical (unpaired) electrons. The molecule has 0 saturated heterocycles. The Hall–Kier alpha value is -3.39. The highest BCUT2D eigenvalue weighted by Gasteiger charge is 2.17. The average molecular weight is 553 g/mol. The Bertz CT molecular complexity index is 1360. The lowest BCUT2D eigenvalue weighted by molar-refractivity contribution is -0.119. The molecule has 3 N–H and O–H groups in total. The number of pyridine rings is 1. The summed E-state index contributed by atoms with van der Waals surface area (Å²) < 4.78 is 21.5. The van der Waals surface area contributed by atoms with E-state index >= 15 is 4.39 Å². The SMILES string of the molecule is CC.Cc1c(Oc2ccnc3ccc(SC(C)(C)C)cc23)ccc(CC(=O)N/C(C=NC(C)(C)C)=C/N)c1F. The molecule has 210 valence electrons. The first-order valence-corrected chi connectivity index (χ1v) is 13.9. The summed E-state index contributed by atoms with van der Waals surface area (Å²) in [5.74, 6) is 0.0813. The van der Waals surface area contributed by atoms with Crippen LogP contribution in [-0.2, 0) is 11.2 Å². The Balaban J connectivity index is 0.00000260. The Kier molecular flexibility index (Phi) is 11.1. The number of nitrogens with two attached hydrogens (primary N) is 1. The quantitative estimate of drug-likeness (QED) is 0.231. The number of hydrogen-bond acceptors (Lipinski definition) is 6. The number of benzene rings is 2. The number of amides is 1. The molecule has 3 aromatic rings. The van der Waals surface area contributed by atoms with Crippen LogP contribution in [0.1, 0.15) is 66.5 Å². The summed E-state index contributed by atoms with van der Waals surface area (Å²) >= 11 is 1.75. The third-order valence-corrected chi connectivity index (χ3v) is 6.24. The summed E-state index contributed by atoms with van der Waals surface area (Å²) in [5, 5.41) is 3.52. The molecule has 0 aliphatic heterocycles. The zero-order valence-electron chi connectivity index (χ0n) is 24.5. The van der Waals surface area contributed by atoms with Gasteiger partial charge in [0.05, 0.1) is 23.2 Å². The Labute approximate surface area is 236 Å². The number of aliphatic imine (C=N–C) groups is 1. The molecule has 1 amide bonds. The number of hydrogen-bond donors (Lipinski definition) is 2. The third kappa shape index (κ3) is 9.70. The summed E-state index contributed by atoms with van der Waals surface area (Å²) in [6, 6.07) is 11.1. The van der Waals surface area contributed by atoms with Gasteiger partial charge in [-0.15, -0.1) is 11.8 Å². The number of rotatable bonds is 7. The van der Waals surface area contributed by atoms with Gasteiger partial charge in [-0.25, -0.2) is 4.39 Å². The topological polar surface area (TPSA) is 89.6 Å². The van der Waals surface area contributed by atoms with E-state index in [9.17, 15) is 4.79 Å². The number of nitrogens with one attached hydrogen (secondary N) is 1. The van der Waals surface area contributed by atoms with Crippen LogP contribution >= 0.6 is 11.8 Å². The predicted octanol–water partition coefficient (Wildman–Crippen LogP) is 7.72. The lowest BCUT2D eigenvalue weighted by atomic mass is 10.1. The Morgan fingerprint density at radius 1 is 1.10 bits per heavy atom. The van der Waals surface area contributed by atoms with E-state index in [1.807, 2.05) is 52.8 Å². The van der Waals surface area contributed by atoms with E-state index in [0.717, 1.165) is 15.8 Å². The number of allylic oxidation sites excluding steroid dienone is 1. The van der Waals surface area contributed by atoms with Gasteiger partial charge in [0.25, 0.3) is 0 Å². The van der Waals surface area contributed by atoms with Crippen molar-refractivity contribution in [2.45, 2.75) is 83.9 Å². The van der Waals surface area contributed by atoms with Crippen molar-refractivity contribution in [3.8, 4) is 11.5 Å². The maximum atomic E-state index is 15.3. The lowest BCUT2D eigenvalue weighted by Gasteiger charge is -2.18. The van der Waals surface area contributed by atoms with Crippen molar-refractivity contribution in [2.24, 2.45) is 10.7 Å². The smallest absolute Gasteiger partial charge is 0.228 e. The van der Waals surface area contributed by atoms with E-state index in [1.54, 1.807) is 43.1 Å². The van der Waals surface area contributed by atoms with Crippen LogP contribution in [0.25, 0.3) is 10.9 Å². The molecular weight excluding hydrogens is 511 g/mol. The number of carbonyl (C=O) groups excluding carboxylic acids is 1. The molecule has 0 aliphatic carbocycles. The second kappa shape index (κ2) is 13.6. The second-order valence-corrected chi connectivity index (χ2v) is 12.6. The monoisotopic (exact) mass is 552 g/mol. The number of carbonyl (C=O) groups is 1. The van der Waals surface area contributed by atoms with Gasteiger partial charge < -0.3 is 15.8 Å². The van der Waals surface area contributed by atoms with Crippen molar-refractivity contribution in [1.82, 2.24) is 10.3 Å². The van der Waals surface area contributed by atoms with Gasteiger partial charge in [0.2, 0.25) is 5.91 Å². The zero-order chi connectivity index (χ0) is 29.4. The van der Waals surface area contributed by atoms with Crippen molar-refractivity contribution in [3.05, 3.63) is 71.4 Å². The maximum absolute atomic E-state index is 15.3. The first kappa shape index (κ1) is 31.8. The molecule has 0 bridgehead atoms. The van der Waals surface area contributed by atoms with Gasteiger partial charge in [-0.2, -0.15) is 0 Å². The standard InChI is InChI=1S/C29H35FN4O2S.C2H6/c1-18-24(36-25-12-13-32-23-10-9-21(15-22(23)25)37-29(5,6)7)11-8-19(27(18)30)14-26(35)34-20(16-31)17-33-28(2,3)4;1-2/h8-13,15-17H,14,31H2,1-7H3,(H,34,35);1-2H3/b20-16+,33-17?;. The molecule has 0 atom stereocenters. The molecule has 0 unspecified atom stereocenters. The van der Waals surface area contributed by atoms with E-state index in [1.165, 1.54) is 12.4 Å². The fourth-order valence-corrected chi connectivity index (χ4v) is 4.47. The van der Waals surface area contributed by atoms with Crippen molar-refractivity contribution in [1.29, 1.82) is 0 Å². The summed E-state index contributed by atoms with van der Waals surface area (Å²) in [4.78, 5) is 22.4. The normalized spacial score (nSPS) is 12.3. The largest absolute Gasteiger partial charge is 0.456 e. The molecule has 0 spiro atoms. The number of fused-ring (bicyclic) bond motifs is 1. The fraction of sp³-hybridized carbons (Fsp3) is 0.387. The minimum atomic E-state index is -0.489. The van der Waals surface area contributed by atoms with Crippen LogP contribution in [0.2, 0.25) is 0 Å². The highest BCUT2D eigenvalue weighted by molar-refractivity contribution is 8.00. The van der Waals surface area contributed by atoms with E-state index in [0.29, 0.717) is 22.8 Å². The molecule has 1 aromatic heterocycles. The van der Waals surface area contributed by atoms with Gasteiger partial charge >= 0.3 is 0 Å². The molecule has 8 heteroatoms. The number of nitrogens with zero attached hydrogens (tertiary/aromatic N) is 2. The first-order chi connectivity index (χ1) is 18.3. The van der Waals surface area contributed by atoms with Crippen molar-refractivity contribution < 1.29 is 13.9 Å². The molecule has 0 saturated carbocycles. The highest BCUT2D eigenvalue weighted by Crippen LogP contribution is 2.37. The van der Waals surface area contributed by atoms with Crippen molar-refractivity contribution in [3.63, 3.8) is 0 Å². The van der Waals surface area contributed by atoms with Crippen molar-refractivity contribution >= 4 is 34.8 Å². The van der Waals surface area contributed by atoms with E-state index in [2.05, 4.69) is 36.1 Å². The molecule has 39 heavy (non-hydrogen) atoms. The minimum absolute atomic E-state index is 0.0544. The number of aromatic nitrogens is 1. The molecule has 1 heterocycles. The Morgan fingerprint density at radius 3 is 2.41 bits per heavy atom. The fourth-order valence-electron chi connectivity index (χ4n) is 3.45. The van der Waals surface area contributed by atoms with Gasteiger partial charge in [0.1, 0.15) is 17.3 Å². The highest BCUT2D eigenvalue weighted by atomic mass is 32.2. The van der Waals surface area contributed by atoms with Gasteiger partial charge in [-0.3, -0.25) is 14.8 Å². The van der Waals surface area contributed by atoms with Gasteiger partial charge in [0.15, 0.2) is 0 Å². The molecule has 0 fully saturated rings. The minimum Gasteiger partial charge on any atom is -0.456 e. The molecular formula is C31H41FN4O2S. The van der Waals surface area contributed by atoms with Crippen LogP contribution in [0.15, 0.2) is 64.4 Å². The van der Waals surface area contributed by atoms with Crippen LogP contribution in [0, 0.1) is 12.7 Å². The third-order valence-electron chi connectivity index (χ3n) is 5.14. The van der Waals surface area contributed by atoms with Crippen LogP contribution in [0.3, 0.4) is 0 Å². The lowest BCUT2D eigenvalue weighted by Crippen LogP contribution is -2.27.